The first kappa shape index (κ1) is 16.8. The van der Waals surface area contributed by atoms with E-state index in [0.29, 0.717) is 18.4 Å². The lowest BCUT2D eigenvalue weighted by molar-refractivity contribution is 0.569. The Hall–Kier alpha value is -2.60. The van der Waals surface area contributed by atoms with Crippen LogP contribution in [0.3, 0.4) is 0 Å². The topological polar surface area (TPSA) is 54.5 Å². The number of fused-ring (bicyclic) bond motifs is 1. The van der Waals surface area contributed by atoms with Crippen molar-refractivity contribution in [2.75, 3.05) is 0 Å². The summed E-state index contributed by atoms with van der Waals surface area (Å²) in [5.41, 5.74) is 5.32. The second-order valence-corrected chi connectivity index (χ2v) is 7.25. The van der Waals surface area contributed by atoms with Gasteiger partial charge in [-0.1, -0.05) is 0 Å². The molecule has 0 aromatic carbocycles. The van der Waals surface area contributed by atoms with Crippen molar-refractivity contribution < 1.29 is 4.39 Å². The number of H-pyrrole nitrogens is 1. The second-order valence-electron chi connectivity index (χ2n) is 6.34. The molecule has 0 spiro atoms. The summed E-state index contributed by atoms with van der Waals surface area (Å²) >= 11 is 3.38. The minimum Gasteiger partial charge on any atom is -0.346 e. The smallest absolute Gasteiger partial charge is 0.216 e. The number of aromatic amines is 1. The highest BCUT2D eigenvalue weighted by Crippen LogP contribution is 2.22. The molecule has 0 fully saturated rings. The predicted octanol–water partition coefficient (Wildman–Crippen LogP) is 4.74. The summed E-state index contributed by atoms with van der Waals surface area (Å²) in [6.07, 6.45) is 8.11. The van der Waals surface area contributed by atoms with Gasteiger partial charge in [-0.05, 0) is 63.8 Å². The minimum atomic E-state index is -0.438. The molecule has 0 saturated carbocycles. The molecule has 6 heteroatoms. The third-order valence-electron chi connectivity index (χ3n) is 4.28. The fourth-order valence-corrected chi connectivity index (χ4v) is 3.23. The summed E-state index contributed by atoms with van der Waals surface area (Å²) in [7, 11) is 0. The highest BCUT2D eigenvalue weighted by atomic mass is 79.9. The van der Waals surface area contributed by atoms with E-state index in [1.807, 2.05) is 37.5 Å². The van der Waals surface area contributed by atoms with Crippen molar-refractivity contribution in [3.63, 3.8) is 0 Å². The van der Waals surface area contributed by atoms with Gasteiger partial charge in [0.2, 0.25) is 5.95 Å². The lowest BCUT2D eigenvalue weighted by Crippen LogP contribution is -2.00. The lowest BCUT2D eigenvalue weighted by Gasteiger charge is -2.06. The van der Waals surface area contributed by atoms with E-state index >= 15 is 0 Å². The SMILES string of the molecule is Cc1cnc2[nH]cc(Cc3cc(Cc4ccc(Br)cn4)cnc3F)c2c1. The minimum absolute atomic E-state index is 0.438. The van der Waals surface area contributed by atoms with Crippen LogP contribution in [0, 0.1) is 12.9 Å². The van der Waals surface area contributed by atoms with E-state index in [0.717, 1.165) is 37.9 Å². The Kier molecular flexibility index (Phi) is 4.51. The molecule has 0 aliphatic rings. The first-order chi connectivity index (χ1) is 12.6. The number of aromatic nitrogens is 4. The van der Waals surface area contributed by atoms with E-state index in [9.17, 15) is 4.39 Å². The number of aryl methyl sites for hydroxylation is 1. The second kappa shape index (κ2) is 6.96. The van der Waals surface area contributed by atoms with Crippen molar-refractivity contribution >= 4 is 27.0 Å². The Morgan fingerprint density at radius 1 is 1.00 bits per heavy atom. The molecule has 26 heavy (non-hydrogen) atoms. The molecule has 0 aliphatic carbocycles. The standard InChI is InChI=1S/C20H16BrFN4/c1-12-4-18-15(10-26-20(18)25-8-12)7-14-5-13(9-24-19(14)22)6-17-3-2-16(21)11-23-17/h2-5,8-11H,6-7H2,1H3,(H,25,26). The molecule has 4 aromatic rings. The average molecular weight is 411 g/mol. The van der Waals surface area contributed by atoms with E-state index in [-0.39, 0.29) is 0 Å². The number of nitrogens with zero attached hydrogens (tertiary/aromatic N) is 3. The molecule has 0 aliphatic heterocycles. The Balaban J connectivity index is 1.63. The average Bonchev–Trinajstić information content (AvgIpc) is 3.02. The van der Waals surface area contributed by atoms with Gasteiger partial charge in [0.1, 0.15) is 5.65 Å². The summed E-state index contributed by atoms with van der Waals surface area (Å²) in [6.45, 7) is 2.00. The number of halogens is 2. The van der Waals surface area contributed by atoms with Gasteiger partial charge in [-0.25, -0.2) is 9.97 Å². The van der Waals surface area contributed by atoms with E-state index in [1.54, 1.807) is 12.4 Å². The van der Waals surface area contributed by atoms with Crippen LogP contribution in [0.5, 0.6) is 0 Å². The van der Waals surface area contributed by atoms with Gasteiger partial charge in [-0.3, -0.25) is 4.98 Å². The van der Waals surface area contributed by atoms with Gasteiger partial charge in [0.05, 0.1) is 0 Å². The van der Waals surface area contributed by atoms with Gasteiger partial charge >= 0.3 is 0 Å². The maximum atomic E-state index is 14.3. The molecule has 0 amide bonds. The molecular weight excluding hydrogens is 395 g/mol. The lowest BCUT2D eigenvalue weighted by atomic mass is 10.0. The van der Waals surface area contributed by atoms with Gasteiger partial charge < -0.3 is 4.98 Å². The van der Waals surface area contributed by atoms with Crippen LogP contribution in [0.1, 0.15) is 27.9 Å². The van der Waals surface area contributed by atoms with Crippen molar-refractivity contribution in [1.29, 1.82) is 0 Å². The summed E-state index contributed by atoms with van der Waals surface area (Å²) in [6, 6.07) is 7.83. The zero-order valence-electron chi connectivity index (χ0n) is 14.1. The summed E-state index contributed by atoms with van der Waals surface area (Å²) in [5, 5.41) is 1.02. The molecule has 0 radical (unpaired) electrons. The highest BCUT2D eigenvalue weighted by Gasteiger charge is 2.11. The number of hydrogen-bond donors (Lipinski definition) is 1. The molecule has 130 valence electrons. The van der Waals surface area contributed by atoms with E-state index in [4.69, 9.17) is 0 Å². The van der Waals surface area contributed by atoms with E-state index in [2.05, 4.69) is 41.9 Å². The number of hydrogen-bond acceptors (Lipinski definition) is 3. The van der Waals surface area contributed by atoms with Crippen molar-refractivity contribution in [2.24, 2.45) is 0 Å². The molecule has 0 atom stereocenters. The largest absolute Gasteiger partial charge is 0.346 e. The molecule has 4 rings (SSSR count). The highest BCUT2D eigenvalue weighted by molar-refractivity contribution is 9.10. The molecule has 4 heterocycles. The third-order valence-corrected chi connectivity index (χ3v) is 4.75. The van der Waals surface area contributed by atoms with Crippen LogP contribution >= 0.6 is 15.9 Å². The van der Waals surface area contributed by atoms with E-state index in [1.165, 1.54) is 0 Å². The molecule has 4 nitrogen and oxygen atoms in total. The van der Waals surface area contributed by atoms with Crippen molar-refractivity contribution in [3.8, 4) is 0 Å². The number of rotatable bonds is 4. The zero-order valence-corrected chi connectivity index (χ0v) is 15.7. The molecule has 0 unspecified atom stereocenters. The number of nitrogens with one attached hydrogen (secondary N) is 1. The number of pyridine rings is 3. The normalized spacial score (nSPS) is 11.2. The van der Waals surface area contributed by atoms with E-state index < -0.39 is 5.95 Å². The maximum Gasteiger partial charge on any atom is 0.216 e. The van der Waals surface area contributed by atoms with Gasteiger partial charge in [0.25, 0.3) is 0 Å². The zero-order chi connectivity index (χ0) is 18.1. The monoisotopic (exact) mass is 410 g/mol. The maximum absolute atomic E-state index is 14.3. The van der Waals surface area contributed by atoms with Gasteiger partial charge in [-0.15, -0.1) is 0 Å². The van der Waals surface area contributed by atoms with Crippen molar-refractivity contribution in [1.82, 2.24) is 19.9 Å². The third kappa shape index (κ3) is 3.51. The first-order valence-corrected chi connectivity index (χ1v) is 9.04. The van der Waals surface area contributed by atoms with Crippen molar-refractivity contribution in [3.05, 3.63) is 87.4 Å². The Morgan fingerprint density at radius 2 is 1.88 bits per heavy atom. The molecular formula is C20H16BrFN4. The molecule has 0 saturated heterocycles. The predicted molar refractivity (Wildman–Crippen MR) is 103 cm³/mol. The van der Waals surface area contributed by atoms with Gasteiger partial charge in [-0.2, -0.15) is 4.39 Å². The Bertz CT molecular complexity index is 1070. The van der Waals surface area contributed by atoms with Crippen LogP contribution in [0.2, 0.25) is 0 Å². The fourth-order valence-electron chi connectivity index (χ4n) is 3.00. The fraction of sp³-hybridized carbons (Fsp3) is 0.150. The Morgan fingerprint density at radius 3 is 2.69 bits per heavy atom. The summed E-state index contributed by atoms with van der Waals surface area (Å²) < 4.78 is 15.2. The van der Waals surface area contributed by atoms with Crippen molar-refractivity contribution in [2.45, 2.75) is 19.8 Å². The first-order valence-electron chi connectivity index (χ1n) is 8.25. The van der Waals surface area contributed by atoms with Crippen LogP contribution in [0.15, 0.2) is 53.5 Å². The quantitative estimate of drug-likeness (QED) is 0.494. The molecule has 0 bridgehead atoms. The van der Waals surface area contributed by atoms with Crippen LogP contribution in [-0.2, 0) is 12.8 Å². The summed E-state index contributed by atoms with van der Waals surface area (Å²) in [4.78, 5) is 15.8. The van der Waals surface area contributed by atoms with Crippen LogP contribution in [-0.4, -0.2) is 19.9 Å². The molecule has 1 N–H and O–H groups in total. The van der Waals surface area contributed by atoms with Gasteiger partial charge in [0, 0.05) is 58.7 Å². The molecule has 4 aromatic heterocycles. The Labute approximate surface area is 158 Å². The summed E-state index contributed by atoms with van der Waals surface area (Å²) in [5.74, 6) is -0.438. The van der Waals surface area contributed by atoms with Gasteiger partial charge in [0.15, 0.2) is 0 Å². The van der Waals surface area contributed by atoms with Crippen LogP contribution in [0.4, 0.5) is 4.39 Å². The van der Waals surface area contributed by atoms with Crippen LogP contribution < -0.4 is 0 Å². The van der Waals surface area contributed by atoms with Crippen LogP contribution in [0.25, 0.3) is 11.0 Å².